The Hall–Kier alpha value is -1.35. The highest BCUT2D eigenvalue weighted by molar-refractivity contribution is 7.99. The molecule has 0 fully saturated rings. The van der Waals surface area contributed by atoms with Crippen molar-refractivity contribution in [2.24, 2.45) is 0 Å². The van der Waals surface area contributed by atoms with Gasteiger partial charge in [-0.15, -0.1) is 0 Å². The third-order valence-electron chi connectivity index (χ3n) is 3.37. The average molecular weight is 260 g/mol. The summed E-state index contributed by atoms with van der Waals surface area (Å²) in [6.45, 7) is 0. The topological polar surface area (TPSA) is 22.4 Å². The van der Waals surface area contributed by atoms with E-state index in [0.29, 0.717) is 5.25 Å². The summed E-state index contributed by atoms with van der Waals surface area (Å²) in [6.07, 6.45) is 6.08. The Bertz CT molecular complexity index is 495. The molecule has 2 aromatic rings. The lowest BCUT2D eigenvalue weighted by Gasteiger charge is -2.09. The van der Waals surface area contributed by atoms with Crippen molar-refractivity contribution in [2.75, 3.05) is 7.11 Å². The summed E-state index contributed by atoms with van der Waals surface area (Å²) in [4.78, 5) is 0. The van der Waals surface area contributed by atoms with Crippen LogP contribution in [0.4, 0.5) is 0 Å². The van der Waals surface area contributed by atoms with Crippen LogP contribution in [-0.2, 0) is 18.6 Å². The number of benzene rings is 1. The molecule has 94 valence electrons. The lowest BCUT2D eigenvalue weighted by Crippen LogP contribution is -2.02. The van der Waals surface area contributed by atoms with Crippen LogP contribution < -0.4 is 4.74 Å². The summed E-state index contributed by atoms with van der Waals surface area (Å²) in [7, 11) is 1.70. The van der Waals surface area contributed by atoms with E-state index in [1.807, 2.05) is 36.4 Å². The number of hydrogen-bond donors (Lipinski definition) is 0. The fraction of sp³-hybridized carbons (Fsp3) is 0.333. The van der Waals surface area contributed by atoms with Crippen LogP contribution in [-0.4, -0.2) is 12.4 Å². The monoisotopic (exact) mass is 260 g/mol. The van der Waals surface area contributed by atoms with Crippen LogP contribution in [0.15, 0.2) is 41.2 Å². The number of hydrogen-bond acceptors (Lipinski definition) is 3. The predicted molar refractivity (Wildman–Crippen MR) is 74.2 cm³/mol. The minimum atomic E-state index is 0.702. The van der Waals surface area contributed by atoms with E-state index in [4.69, 9.17) is 9.15 Å². The molecule has 3 rings (SSSR count). The summed E-state index contributed by atoms with van der Waals surface area (Å²) in [5.41, 5.74) is 4.14. The molecule has 0 amide bonds. The van der Waals surface area contributed by atoms with Gasteiger partial charge in [0, 0.05) is 11.0 Å². The Balaban J connectivity index is 1.54. The second-order valence-electron chi connectivity index (χ2n) is 4.61. The SMILES string of the molecule is COc1ccc(CSC2Cc3cocc3C2)cc1. The number of rotatable bonds is 4. The molecule has 0 saturated heterocycles. The molecule has 0 radical (unpaired) electrons. The summed E-state index contributed by atoms with van der Waals surface area (Å²) in [5.74, 6) is 1.99. The Morgan fingerprint density at radius 1 is 1.17 bits per heavy atom. The molecule has 2 nitrogen and oxygen atoms in total. The Morgan fingerprint density at radius 3 is 2.44 bits per heavy atom. The second kappa shape index (κ2) is 5.11. The minimum absolute atomic E-state index is 0.702. The Kier molecular flexibility index (Phi) is 3.33. The fourth-order valence-corrected chi connectivity index (χ4v) is 3.54. The molecule has 0 aliphatic heterocycles. The summed E-state index contributed by atoms with van der Waals surface area (Å²) < 4.78 is 10.4. The molecule has 1 aromatic carbocycles. The normalized spacial score (nSPS) is 14.7. The Morgan fingerprint density at radius 2 is 1.83 bits per heavy atom. The van der Waals surface area contributed by atoms with Gasteiger partial charge in [-0.1, -0.05) is 12.1 Å². The highest BCUT2D eigenvalue weighted by atomic mass is 32.2. The first-order valence-corrected chi connectivity index (χ1v) is 7.18. The highest BCUT2D eigenvalue weighted by Crippen LogP contribution is 2.32. The maximum absolute atomic E-state index is 5.20. The smallest absolute Gasteiger partial charge is 0.118 e. The zero-order chi connectivity index (χ0) is 12.4. The van der Waals surface area contributed by atoms with Gasteiger partial charge in [-0.25, -0.2) is 0 Å². The predicted octanol–water partition coefficient (Wildman–Crippen LogP) is 3.69. The van der Waals surface area contributed by atoms with Gasteiger partial charge in [0.1, 0.15) is 5.75 Å². The second-order valence-corrected chi connectivity index (χ2v) is 5.90. The molecule has 3 heteroatoms. The van der Waals surface area contributed by atoms with Crippen molar-refractivity contribution in [1.82, 2.24) is 0 Å². The van der Waals surface area contributed by atoms with E-state index in [1.54, 1.807) is 7.11 Å². The van der Waals surface area contributed by atoms with Gasteiger partial charge in [-0.05, 0) is 41.7 Å². The van der Waals surface area contributed by atoms with Crippen molar-refractivity contribution >= 4 is 11.8 Å². The maximum Gasteiger partial charge on any atom is 0.118 e. The number of ether oxygens (including phenoxy) is 1. The van der Waals surface area contributed by atoms with E-state index in [2.05, 4.69) is 12.1 Å². The standard InChI is InChI=1S/C15H16O2S/c1-16-14-4-2-11(3-5-14)10-18-15-6-12-8-17-9-13(12)7-15/h2-5,8-9,15H,6-7,10H2,1H3. The molecule has 18 heavy (non-hydrogen) atoms. The molecular weight excluding hydrogens is 244 g/mol. The van der Waals surface area contributed by atoms with Crippen molar-refractivity contribution in [3.63, 3.8) is 0 Å². The van der Waals surface area contributed by atoms with Crippen molar-refractivity contribution < 1.29 is 9.15 Å². The molecule has 0 atom stereocenters. The van der Waals surface area contributed by atoms with Crippen LogP contribution in [0.2, 0.25) is 0 Å². The number of furan rings is 1. The molecule has 0 N–H and O–H groups in total. The highest BCUT2D eigenvalue weighted by Gasteiger charge is 2.23. The average Bonchev–Trinajstić information content (AvgIpc) is 2.97. The zero-order valence-electron chi connectivity index (χ0n) is 10.4. The molecule has 0 bridgehead atoms. The van der Waals surface area contributed by atoms with Crippen LogP contribution in [0.5, 0.6) is 5.75 Å². The van der Waals surface area contributed by atoms with Crippen molar-refractivity contribution in [1.29, 1.82) is 0 Å². The fourth-order valence-electron chi connectivity index (χ4n) is 2.32. The molecule has 1 aromatic heterocycles. The Labute approximate surface area is 111 Å². The van der Waals surface area contributed by atoms with Gasteiger partial charge in [0.15, 0.2) is 0 Å². The summed E-state index contributed by atoms with van der Waals surface area (Å²) in [5, 5.41) is 0.702. The summed E-state index contributed by atoms with van der Waals surface area (Å²) >= 11 is 2.03. The van der Waals surface area contributed by atoms with Crippen molar-refractivity contribution in [3.8, 4) is 5.75 Å². The molecule has 1 heterocycles. The first-order chi connectivity index (χ1) is 8.85. The number of thioether (sulfide) groups is 1. The molecule has 0 unspecified atom stereocenters. The van der Waals surface area contributed by atoms with Gasteiger partial charge in [0.25, 0.3) is 0 Å². The van der Waals surface area contributed by atoms with Gasteiger partial charge in [-0.2, -0.15) is 11.8 Å². The van der Waals surface area contributed by atoms with E-state index >= 15 is 0 Å². The summed E-state index contributed by atoms with van der Waals surface area (Å²) in [6, 6.07) is 8.34. The molecule has 0 spiro atoms. The van der Waals surface area contributed by atoms with Crippen molar-refractivity contribution in [2.45, 2.75) is 23.8 Å². The molecular formula is C15H16O2S. The van der Waals surface area contributed by atoms with E-state index < -0.39 is 0 Å². The first kappa shape index (κ1) is 11.7. The molecule has 1 aliphatic carbocycles. The quantitative estimate of drug-likeness (QED) is 0.837. The minimum Gasteiger partial charge on any atom is -0.497 e. The van der Waals surface area contributed by atoms with Crippen LogP contribution in [0, 0.1) is 0 Å². The van der Waals surface area contributed by atoms with Crippen LogP contribution in [0.1, 0.15) is 16.7 Å². The van der Waals surface area contributed by atoms with Gasteiger partial charge < -0.3 is 9.15 Å². The first-order valence-electron chi connectivity index (χ1n) is 6.13. The van der Waals surface area contributed by atoms with E-state index in [9.17, 15) is 0 Å². The maximum atomic E-state index is 5.20. The number of methoxy groups -OCH3 is 1. The lowest BCUT2D eigenvalue weighted by atomic mass is 10.2. The van der Waals surface area contributed by atoms with E-state index in [1.165, 1.54) is 16.7 Å². The van der Waals surface area contributed by atoms with Gasteiger partial charge in [0.05, 0.1) is 19.6 Å². The van der Waals surface area contributed by atoms with E-state index in [0.717, 1.165) is 24.3 Å². The molecule has 0 saturated carbocycles. The van der Waals surface area contributed by atoms with Gasteiger partial charge >= 0.3 is 0 Å². The largest absolute Gasteiger partial charge is 0.497 e. The lowest BCUT2D eigenvalue weighted by molar-refractivity contribution is 0.414. The van der Waals surface area contributed by atoms with Gasteiger partial charge in [0.2, 0.25) is 0 Å². The van der Waals surface area contributed by atoms with Crippen LogP contribution in [0.3, 0.4) is 0 Å². The molecule has 1 aliphatic rings. The zero-order valence-corrected chi connectivity index (χ0v) is 11.2. The third-order valence-corrected chi connectivity index (χ3v) is 4.68. The third kappa shape index (κ3) is 2.41. The van der Waals surface area contributed by atoms with E-state index in [-0.39, 0.29) is 0 Å². The van der Waals surface area contributed by atoms with Crippen molar-refractivity contribution in [3.05, 3.63) is 53.5 Å². The van der Waals surface area contributed by atoms with Crippen LogP contribution in [0.25, 0.3) is 0 Å². The van der Waals surface area contributed by atoms with Crippen LogP contribution >= 0.6 is 11.8 Å². The number of fused-ring (bicyclic) bond motifs is 1. The van der Waals surface area contributed by atoms with Gasteiger partial charge in [-0.3, -0.25) is 0 Å².